The molecule has 0 amide bonds. The van der Waals surface area contributed by atoms with Gasteiger partial charge in [-0.3, -0.25) is 5.10 Å². The number of nitrogens with one attached hydrogen (secondary N) is 2. The molecule has 1 fully saturated rings. The molecule has 2 aromatic heterocycles. The molecule has 0 spiro atoms. The number of aromatic nitrogens is 3. The predicted octanol–water partition coefficient (Wildman–Crippen LogP) is 2.14. The van der Waals surface area contributed by atoms with Crippen molar-refractivity contribution in [2.75, 3.05) is 24.3 Å². The molecule has 5 N–H and O–H groups in total. The van der Waals surface area contributed by atoms with Crippen molar-refractivity contribution in [2.45, 2.75) is 25.5 Å². The molecule has 1 aliphatic heterocycles. The second kappa shape index (κ2) is 6.58. The van der Waals surface area contributed by atoms with Gasteiger partial charge in [-0.2, -0.15) is 5.10 Å². The van der Waals surface area contributed by atoms with Gasteiger partial charge in [0.1, 0.15) is 11.4 Å². The fraction of sp³-hybridized carbons (Fsp3) is 0.300. The number of aliphatic hydroxyl groups is 1. The van der Waals surface area contributed by atoms with Gasteiger partial charge in [-0.25, -0.2) is 4.98 Å². The summed E-state index contributed by atoms with van der Waals surface area (Å²) in [5, 5.41) is 21.1. The largest absolute Gasteiger partial charge is 0.382 e. The number of pyridine rings is 1. The highest BCUT2D eigenvalue weighted by molar-refractivity contribution is 5.96. The molecule has 3 aromatic rings. The first kappa shape index (κ1) is 17.3. The van der Waals surface area contributed by atoms with Gasteiger partial charge in [-0.15, -0.1) is 0 Å². The summed E-state index contributed by atoms with van der Waals surface area (Å²) in [4.78, 5) is 4.38. The summed E-state index contributed by atoms with van der Waals surface area (Å²) in [6.45, 7) is 4.68. The zero-order valence-electron chi connectivity index (χ0n) is 15.2. The molecule has 1 aromatic carbocycles. The van der Waals surface area contributed by atoms with E-state index < -0.39 is 5.60 Å². The number of hydrogen-bond acceptors (Lipinski definition) is 6. The van der Waals surface area contributed by atoms with Gasteiger partial charge >= 0.3 is 0 Å². The summed E-state index contributed by atoms with van der Waals surface area (Å²) in [7, 11) is 0. The van der Waals surface area contributed by atoms with Gasteiger partial charge in [0.2, 0.25) is 0 Å². The summed E-state index contributed by atoms with van der Waals surface area (Å²) < 4.78 is 5.19. The molecule has 0 unspecified atom stereocenters. The van der Waals surface area contributed by atoms with Crippen LogP contribution in [0.4, 0.5) is 11.6 Å². The lowest BCUT2D eigenvalue weighted by Gasteiger charge is -2.27. The predicted molar refractivity (Wildman–Crippen MR) is 105 cm³/mol. The Hall–Kier alpha value is -3.08. The van der Waals surface area contributed by atoms with E-state index in [0.29, 0.717) is 25.1 Å². The van der Waals surface area contributed by atoms with Crippen molar-refractivity contribution in [1.29, 1.82) is 0 Å². The van der Waals surface area contributed by atoms with Gasteiger partial charge in [0.15, 0.2) is 5.82 Å². The van der Waals surface area contributed by atoms with Crippen LogP contribution in [0.5, 0.6) is 0 Å². The lowest BCUT2D eigenvalue weighted by Crippen LogP contribution is -2.40. The molecule has 0 radical (unpaired) electrons. The number of aromatic amines is 1. The van der Waals surface area contributed by atoms with Gasteiger partial charge in [0.05, 0.1) is 30.3 Å². The van der Waals surface area contributed by atoms with Gasteiger partial charge in [0, 0.05) is 11.6 Å². The average molecular weight is 363 g/mol. The Labute approximate surface area is 156 Å². The summed E-state index contributed by atoms with van der Waals surface area (Å²) in [5.74, 6) is 7.10. The van der Waals surface area contributed by atoms with E-state index in [1.165, 1.54) is 0 Å². The molecular formula is C20H21N5O2. The molecule has 1 saturated heterocycles. The lowest BCUT2D eigenvalue weighted by atomic mass is 10.00. The second-order valence-electron chi connectivity index (χ2n) is 7.17. The van der Waals surface area contributed by atoms with Crippen LogP contribution < -0.4 is 11.1 Å². The number of benzene rings is 1. The zero-order chi connectivity index (χ0) is 19.0. The number of ether oxygens (including phenoxy) is 1. The maximum atomic E-state index is 9.94. The van der Waals surface area contributed by atoms with Crippen molar-refractivity contribution in [3.05, 3.63) is 36.0 Å². The molecule has 7 nitrogen and oxygen atoms in total. The van der Waals surface area contributed by atoms with Crippen molar-refractivity contribution >= 4 is 22.5 Å². The third kappa shape index (κ3) is 3.72. The maximum Gasteiger partial charge on any atom is 0.153 e. The number of hydrogen-bond donors (Lipinski definition) is 4. The van der Waals surface area contributed by atoms with E-state index >= 15 is 0 Å². The van der Waals surface area contributed by atoms with E-state index in [9.17, 15) is 5.11 Å². The molecule has 138 valence electrons. The third-order valence-corrected chi connectivity index (χ3v) is 4.29. The molecule has 0 atom stereocenters. The second-order valence-corrected chi connectivity index (χ2v) is 7.17. The molecule has 3 heterocycles. The fourth-order valence-corrected chi connectivity index (χ4v) is 2.84. The van der Waals surface area contributed by atoms with Crippen LogP contribution >= 0.6 is 0 Å². The summed E-state index contributed by atoms with van der Waals surface area (Å²) >= 11 is 0. The molecular weight excluding hydrogens is 342 g/mol. The fourth-order valence-electron chi connectivity index (χ4n) is 2.84. The van der Waals surface area contributed by atoms with E-state index in [2.05, 4.69) is 32.3 Å². The van der Waals surface area contributed by atoms with Crippen molar-refractivity contribution < 1.29 is 9.84 Å². The zero-order valence-corrected chi connectivity index (χ0v) is 15.2. The Kier molecular flexibility index (Phi) is 4.22. The number of H-pyrrole nitrogens is 1. The lowest BCUT2D eigenvalue weighted by molar-refractivity contribution is 0.0209. The van der Waals surface area contributed by atoms with Crippen molar-refractivity contribution in [3.63, 3.8) is 0 Å². The Morgan fingerprint density at radius 2 is 2.11 bits per heavy atom. The van der Waals surface area contributed by atoms with E-state index in [4.69, 9.17) is 10.5 Å². The van der Waals surface area contributed by atoms with E-state index in [-0.39, 0.29) is 0 Å². The first-order valence-corrected chi connectivity index (χ1v) is 8.73. The number of fused-ring (bicyclic) bond motifs is 1. The smallest absolute Gasteiger partial charge is 0.153 e. The number of nitrogen functional groups attached to an aromatic ring is 1. The monoisotopic (exact) mass is 363 g/mol. The minimum absolute atomic E-state index is 0.299. The molecule has 1 aliphatic rings. The van der Waals surface area contributed by atoms with Crippen LogP contribution in [-0.2, 0) is 4.74 Å². The Bertz CT molecular complexity index is 1050. The SMILES string of the molecule is CC(C)(O)C#Cc1cc(-c2ccnc(NC3COC3)c2)cc2c(N)n[nH]c12. The Balaban J connectivity index is 1.78. The molecule has 7 heteroatoms. The van der Waals surface area contributed by atoms with Crippen molar-refractivity contribution in [3.8, 4) is 23.0 Å². The van der Waals surface area contributed by atoms with Crippen LogP contribution in [0.2, 0.25) is 0 Å². The highest BCUT2D eigenvalue weighted by Gasteiger charge is 2.18. The third-order valence-electron chi connectivity index (χ3n) is 4.29. The standard InChI is InChI=1S/C20H21N5O2/c1-20(2,26)5-3-13-7-14(8-16-18(13)24-25-19(16)21)12-4-6-22-17(9-12)23-15-10-27-11-15/h4,6-9,15,26H,10-11H2,1-2H3,(H,22,23)(H3,21,24,25). The highest BCUT2D eigenvalue weighted by atomic mass is 16.5. The minimum Gasteiger partial charge on any atom is -0.382 e. The topological polar surface area (TPSA) is 109 Å². The van der Waals surface area contributed by atoms with Gasteiger partial charge < -0.3 is 20.9 Å². The normalized spacial score (nSPS) is 14.5. The first-order valence-electron chi connectivity index (χ1n) is 8.73. The van der Waals surface area contributed by atoms with Crippen LogP contribution in [0, 0.1) is 11.8 Å². The van der Waals surface area contributed by atoms with Crippen molar-refractivity contribution in [1.82, 2.24) is 15.2 Å². The summed E-state index contributed by atoms with van der Waals surface area (Å²) in [6.07, 6.45) is 1.77. The Morgan fingerprint density at radius 3 is 2.81 bits per heavy atom. The van der Waals surface area contributed by atoms with Crippen molar-refractivity contribution in [2.24, 2.45) is 0 Å². The van der Waals surface area contributed by atoms with Crippen LogP contribution in [0.15, 0.2) is 30.5 Å². The van der Waals surface area contributed by atoms with Crippen LogP contribution in [0.25, 0.3) is 22.0 Å². The van der Waals surface area contributed by atoms with Gasteiger partial charge in [-0.1, -0.05) is 11.8 Å². The molecule has 0 bridgehead atoms. The number of anilines is 2. The molecule has 4 rings (SSSR count). The Morgan fingerprint density at radius 1 is 1.30 bits per heavy atom. The van der Waals surface area contributed by atoms with E-state index in [1.807, 2.05) is 24.3 Å². The summed E-state index contributed by atoms with van der Waals surface area (Å²) in [6, 6.07) is 8.17. The van der Waals surface area contributed by atoms with E-state index in [0.717, 1.165) is 33.4 Å². The molecule has 27 heavy (non-hydrogen) atoms. The first-order chi connectivity index (χ1) is 12.9. The van der Waals surface area contributed by atoms with Crippen LogP contribution in [-0.4, -0.2) is 45.1 Å². The molecule has 0 saturated carbocycles. The van der Waals surface area contributed by atoms with Crippen LogP contribution in [0.1, 0.15) is 19.4 Å². The maximum absolute atomic E-state index is 9.94. The van der Waals surface area contributed by atoms with Gasteiger partial charge in [-0.05, 0) is 49.2 Å². The quantitative estimate of drug-likeness (QED) is 0.531. The minimum atomic E-state index is -1.09. The number of rotatable bonds is 3. The average Bonchev–Trinajstić information content (AvgIpc) is 2.97. The van der Waals surface area contributed by atoms with Gasteiger partial charge in [0.25, 0.3) is 0 Å². The number of nitrogens with two attached hydrogens (primary N) is 1. The van der Waals surface area contributed by atoms with Crippen LogP contribution in [0.3, 0.4) is 0 Å². The number of nitrogens with zero attached hydrogens (tertiary/aromatic N) is 2. The molecule has 0 aliphatic carbocycles. The van der Waals surface area contributed by atoms with E-state index in [1.54, 1.807) is 20.0 Å². The highest BCUT2D eigenvalue weighted by Crippen LogP contribution is 2.30. The summed E-state index contributed by atoms with van der Waals surface area (Å²) in [5.41, 5.74) is 8.35.